The maximum atomic E-state index is 14.2. The number of ether oxygens (including phenoxy) is 3. The smallest absolute Gasteiger partial charge is 0.449 e. The van der Waals surface area contributed by atoms with Crippen LogP contribution in [0.2, 0.25) is 0 Å². The summed E-state index contributed by atoms with van der Waals surface area (Å²) >= 11 is 0. The van der Waals surface area contributed by atoms with Crippen molar-refractivity contribution in [1.82, 2.24) is 34.7 Å². The Kier molecular flexibility index (Phi) is 8.22. The van der Waals surface area contributed by atoms with Crippen molar-refractivity contribution in [3.63, 3.8) is 0 Å². The van der Waals surface area contributed by atoms with Crippen LogP contribution in [0.25, 0.3) is 33.2 Å². The van der Waals surface area contributed by atoms with E-state index < -0.39 is 30.5 Å². The number of aromatic nitrogens is 5. The monoisotopic (exact) mass is 649 g/mol. The van der Waals surface area contributed by atoms with Crippen molar-refractivity contribution in [3.8, 4) is 22.9 Å². The molecule has 0 bridgehead atoms. The molecule has 1 unspecified atom stereocenters. The van der Waals surface area contributed by atoms with Gasteiger partial charge in [-0.15, -0.1) is 0 Å². The number of hydrogen-bond acceptors (Lipinski definition) is 8. The second-order valence-corrected chi connectivity index (χ2v) is 11.9. The number of aromatic amines is 1. The zero-order valence-corrected chi connectivity index (χ0v) is 25.9. The van der Waals surface area contributed by atoms with E-state index in [0.717, 1.165) is 28.3 Å². The number of rotatable bonds is 8. The molecule has 5 heterocycles. The number of pyridine rings is 1. The number of amides is 1. The number of para-hydroxylation sites is 1. The van der Waals surface area contributed by atoms with Crippen LogP contribution in [0, 0.1) is 0 Å². The lowest BCUT2D eigenvalue weighted by atomic mass is 9.96. The predicted octanol–water partition coefficient (Wildman–Crippen LogP) is 5.12. The van der Waals surface area contributed by atoms with Gasteiger partial charge < -0.3 is 34.0 Å². The lowest BCUT2D eigenvalue weighted by molar-refractivity contribution is -0.148. The number of likely N-dealkylation sites (tertiary alicyclic amines) is 1. The van der Waals surface area contributed by atoms with Crippen LogP contribution in [0.1, 0.15) is 37.0 Å². The van der Waals surface area contributed by atoms with Gasteiger partial charge >= 0.3 is 6.18 Å². The van der Waals surface area contributed by atoms with E-state index in [1.165, 1.54) is 19.2 Å². The minimum Gasteiger partial charge on any atom is -0.497 e. The molecular weight excluding hydrogens is 615 g/mol. The average molecular weight is 650 g/mol. The number of nitrogens with one attached hydrogen (secondary N) is 2. The van der Waals surface area contributed by atoms with Gasteiger partial charge in [-0.25, -0.2) is 15.0 Å². The Hall–Kier alpha value is -4.69. The highest BCUT2D eigenvalue weighted by molar-refractivity contribution is 5.85. The first-order valence-corrected chi connectivity index (χ1v) is 15.5. The predicted molar refractivity (Wildman–Crippen MR) is 167 cm³/mol. The number of benzene rings is 2. The van der Waals surface area contributed by atoms with Gasteiger partial charge in [0.15, 0.2) is 0 Å². The van der Waals surface area contributed by atoms with E-state index >= 15 is 0 Å². The Balaban J connectivity index is 1.23. The van der Waals surface area contributed by atoms with Crippen LogP contribution >= 0.6 is 0 Å². The number of alkyl halides is 3. The molecule has 0 spiro atoms. The molecule has 11 nitrogen and oxygen atoms in total. The number of methoxy groups -OCH3 is 2. The van der Waals surface area contributed by atoms with Gasteiger partial charge in [-0.2, -0.15) is 13.2 Å². The third kappa shape index (κ3) is 6.10. The summed E-state index contributed by atoms with van der Waals surface area (Å²) in [7, 11) is 2.98. The molecule has 47 heavy (non-hydrogen) atoms. The minimum atomic E-state index is -4.77. The molecular formula is C33H34F3N7O4. The van der Waals surface area contributed by atoms with Crippen molar-refractivity contribution in [3.05, 3.63) is 66.4 Å². The number of carbonyl (C=O) groups excluding carboxylic acids is 1. The summed E-state index contributed by atoms with van der Waals surface area (Å²) in [5.74, 6) is -0.322. The first kappa shape index (κ1) is 30.9. The Morgan fingerprint density at radius 2 is 1.89 bits per heavy atom. The number of nitrogens with zero attached hydrogens (tertiary/aromatic N) is 5. The summed E-state index contributed by atoms with van der Waals surface area (Å²) < 4.78 is 60.0. The normalized spacial score (nSPS) is 20.3. The number of halogens is 3. The lowest BCUT2D eigenvalue weighted by Crippen LogP contribution is -2.52. The summed E-state index contributed by atoms with van der Waals surface area (Å²) in [5.41, 5.74) is 2.42. The van der Waals surface area contributed by atoms with Gasteiger partial charge in [0.05, 0.1) is 60.9 Å². The molecule has 5 aromatic rings. The zero-order valence-electron chi connectivity index (χ0n) is 25.9. The van der Waals surface area contributed by atoms with Crippen LogP contribution in [0.5, 0.6) is 11.6 Å². The quantitative estimate of drug-likeness (QED) is 0.238. The van der Waals surface area contributed by atoms with Crippen molar-refractivity contribution in [1.29, 1.82) is 0 Å². The van der Waals surface area contributed by atoms with E-state index in [4.69, 9.17) is 14.2 Å². The molecule has 7 rings (SSSR count). The fraction of sp³-hybridized carbons (Fsp3) is 0.394. The van der Waals surface area contributed by atoms with E-state index in [9.17, 15) is 18.0 Å². The summed E-state index contributed by atoms with van der Waals surface area (Å²) in [4.78, 5) is 32.3. The average Bonchev–Trinajstić information content (AvgIpc) is 3.85. The molecule has 0 radical (unpaired) electrons. The van der Waals surface area contributed by atoms with Gasteiger partial charge in [-0.1, -0.05) is 18.2 Å². The van der Waals surface area contributed by atoms with Crippen molar-refractivity contribution in [2.45, 2.75) is 50.1 Å². The maximum Gasteiger partial charge on any atom is 0.449 e. The molecule has 2 saturated heterocycles. The van der Waals surface area contributed by atoms with Crippen LogP contribution < -0.4 is 14.8 Å². The first-order chi connectivity index (χ1) is 22.7. The number of hydrogen-bond donors (Lipinski definition) is 2. The van der Waals surface area contributed by atoms with Crippen LogP contribution in [0.15, 0.2) is 54.7 Å². The van der Waals surface area contributed by atoms with Crippen molar-refractivity contribution >= 4 is 27.8 Å². The van der Waals surface area contributed by atoms with E-state index in [-0.39, 0.29) is 29.7 Å². The van der Waals surface area contributed by atoms with Crippen LogP contribution in [-0.2, 0) is 22.3 Å². The van der Waals surface area contributed by atoms with Gasteiger partial charge in [0.25, 0.3) is 0 Å². The van der Waals surface area contributed by atoms with Gasteiger partial charge in [-0.05, 0) is 43.5 Å². The molecule has 2 N–H and O–H groups in total. The highest BCUT2D eigenvalue weighted by atomic mass is 19.4. The SMILES string of the molecule is COc1ccc2nc(C(F)(F)F)n(CC(=O)N3C[C@@H](NC4CCOC4)CC[C@H]3c3ncc(-c4cc5ccccc5nc4OC)[nH]3)c2c1. The molecule has 1 amide bonds. The number of piperidine rings is 1. The highest BCUT2D eigenvalue weighted by Crippen LogP contribution is 2.36. The number of imidazole rings is 2. The molecule has 2 aliphatic rings. The van der Waals surface area contributed by atoms with E-state index in [0.29, 0.717) is 48.3 Å². The standard InChI is InChI=1S/C33H34F3N7O4/c1-45-22-8-9-25-28(14-22)43(32(41-25)33(34,35)36)17-29(44)42-16-20(38-21-11-12-47-18-21)7-10-27(42)30-37-15-26(39-30)23-13-19-5-3-4-6-24(19)40-31(23)46-2/h3-6,8-9,13-15,20-21,27,38H,7,10-12,16-18H2,1-2H3,(H,37,39)/t20-,21?,27-/m0/s1. The van der Waals surface area contributed by atoms with E-state index in [2.05, 4.69) is 25.3 Å². The van der Waals surface area contributed by atoms with Crippen LogP contribution in [0.3, 0.4) is 0 Å². The molecule has 3 atom stereocenters. The number of H-pyrrole nitrogens is 1. The second kappa shape index (κ2) is 12.5. The van der Waals surface area contributed by atoms with Crippen molar-refractivity contribution in [2.75, 3.05) is 34.0 Å². The third-order valence-electron chi connectivity index (χ3n) is 8.89. The van der Waals surface area contributed by atoms with E-state index in [1.807, 2.05) is 30.3 Å². The lowest BCUT2D eigenvalue weighted by Gasteiger charge is -2.40. The number of carbonyl (C=O) groups is 1. The maximum absolute atomic E-state index is 14.2. The molecule has 0 saturated carbocycles. The van der Waals surface area contributed by atoms with Crippen LogP contribution in [-0.4, -0.2) is 81.4 Å². The van der Waals surface area contributed by atoms with Crippen molar-refractivity contribution in [2.24, 2.45) is 0 Å². The second-order valence-electron chi connectivity index (χ2n) is 11.9. The van der Waals surface area contributed by atoms with Crippen LogP contribution in [0.4, 0.5) is 13.2 Å². The van der Waals surface area contributed by atoms with Gasteiger partial charge in [0.2, 0.25) is 17.6 Å². The summed E-state index contributed by atoms with van der Waals surface area (Å²) in [6, 6.07) is 13.7. The van der Waals surface area contributed by atoms with Gasteiger partial charge in [0, 0.05) is 36.7 Å². The first-order valence-electron chi connectivity index (χ1n) is 15.5. The number of fused-ring (bicyclic) bond motifs is 2. The fourth-order valence-corrected chi connectivity index (χ4v) is 6.59. The molecule has 0 aliphatic carbocycles. The minimum absolute atomic E-state index is 0.0668. The molecule has 3 aromatic heterocycles. The molecule has 2 fully saturated rings. The fourth-order valence-electron chi connectivity index (χ4n) is 6.59. The molecule has 2 aliphatic heterocycles. The Morgan fingerprint density at radius 1 is 1.04 bits per heavy atom. The Labute approximate surface area is 268 Å². The topological polar surface area (TPSA) is 119 Å². The summed E-state index contributed by atoms with van der Waals surface area (Å²) in [6.45, 7) is 0.961. The Morgan fingerprint density at radius 3 is 2.66 bits per heavy atom. The largest absolute Gasteiger partial charge is 0.497 e. The molecule has 246 valence electrons. The van der Waals surface area contributed by atoms with Gasteiger partial charge in [-0.3, -0.25) is 4.79 Å². The third-order valence-corrected chi connectivity index (χ3v) is 8.89. The summed E-state index contributed by atoms with van der Waals surface area (Å²) in [6.07, 6.45) is -0.968. The molecule has 2 aromatic carbocycles. The van der Waals surface area contributed by atoms with E-state index in [1.54, 1.807) is 24.3 Å². The Bertz CT molecular complexity index is 1920. The highest BCUT2D eigenvalue weighted by Gasteiger charge is 2.40. The van der Waals surface area contributed by atoms with Crippen molar-refractivity contribution < 1.29 is 32.2 Å². The van der Waals surface area contributed by atoms with Gasteiger partial charge in [0.1, 0.15) is 18.1 Å². The molecule has 14 heteroatoms. The summed E-state index contributed by atoms with van der Waals surface area (Å²) in [5, 5.41) is 4.51. The zero-order chi connectivity index (χ0) is 32.7.